The highest BCUT2D eigenvalue weighted by molar-refractivity contribution is 7.92. The van der Waals surface area contributed by atoms with Gasteiger partial charge in [-0.3, -0.25) is 4.72 Å². The largest absolute Gasteiger partial charge is 0.399 e. The Morgan fingerprint density at radius 2 is 1.80 bits per heavy atom. The molecule has 0 fully saturated rings. The second-order valence-electron chi connectivity index (χ2n) is 4.29. The fourth-order valence-electron chi connectivity index (χ4n) is 1.66. The Morgan fingerprint density at radius 3 is 2.40 bits per heavy atom. The number of rotatable bonds is 3. The number of hydrogen-bond donors (Lipinski definition) is 2. The highest BCUT2D eigenvalue weighted by Gasteiger charge is 2.16. The van der Waals surface area contributed by atoms with E-state index in [4.69, 9.17) is 5.73 Å². The molecule has 0 saturated heterocycles. The summed E-state index contributed by atoms with van der Waals surface area (Å²) in [6.07, 6.45) is 0. The molecule has 7 heteroatoms. The number of nitrogen functional groups attached to an aromatic ring is 1. The first kappa shape index (κ1) is 14.3. The highest BCUT2D eigenvalue weighted by atomic mass is 32.2. The van der Waals surface area contributed by atoms with E-state index in [1.165, 1.54) is 19.1 Å². The molecular formula is C13H12F2N2O2S. The van der Waals surface area contributed by atoms with Gasteiger partial charge in [0.2, 0.25) is 0 Å². The molecule has 0 heterocycles. The third-order valence-corrected chi connectivity index (χ3v) is 3.97. The summed E-state index contributed by atoms with van der Waals surface area (Å²) in [5.74, 6) is -1.19. The van der Waals surface area contributed by atoms with E-state index in [2.05, 4.69) is 4.72 Å². The Balaban J connectivity index is 2.37. The van der Waals surface area contributed by atoms with Gasteiger partial charge in [0.1, 0.15) is 11.6 Å². The molecule has 0 bridgehead atoms. The van der Waals surface area contributed by atoms with Crippen LogP contribution in [-0.4, -0.2) is 8.42 Å². The predicted octanol–water partition coefficient (Wildman–Crippen LogP) is 2.66. The quantitative estimate of drug-likeness (QED) is 0.856. The van der Waals surface area contributed by atoms with Crippen LogP contribution in [-0.2, 0) is 10.0 Å². The number of sulfonamides is 1. The number of nitrogens with two attached hydrogens (primary N) is 1. The topological polar surface area (TPSA) is 72.2 Å². The molecule has 0 atom stereocenters. The van der Waals surface area contributed by atoms with Crippen LogP contribution in [0.1, 0.15) is 5.56 Å². The first-order chi connectivity index (χ1) is 9.28. The SMILES string of the molecule is Cc1cc(NS(=O)(=O)c2cc(N)cc(F)c2)ccc1F. The normalized spacial score (nSPS) is 11.3. The van der Waals surface area contributed by atoms with E-state index in [1.54, 1.807) is 0 Å². The van der Waals surface area contributed by atoms with Crippen molar-refractivity contribution in [2.45, 2.75) is 11.8 Å². The predicted molar refractivity (Wildman–Crippen MR) is 72.8 cm³/mol. The second kappa shape index (κ2) is 5.09. The zero-order valence-corrected chi connectivity index (χ0v) is 11.3. The molecule has 2 rings (SSSR count). The summed E-state index contributed by atoms with van der Waals surface area (Å²) in [5, 5.41) is 0. The third kappa shape index (κ3) is 3.05. The first-order valence-corrected chi connectivity index (χ1v) is 7.11. The van der Waals surface area contributed by atoms with E-state index in [0.717, 1.165) is 24.3 Å². The van der Waals surface area contributed by atoms with Gasteiger partial charge in [-0.15, -0.1) is 0 Å². The lowest BCUT2D eigenvalue weighted by Gasteiger charge is -2.09. The van der Waals surface area contributed by atoms with Crippen LogP contribution >= 0.6 is 0 Å². The van der Waals surface area contributed by atoms with Crippen LogP contribution in [0.15, 0.2) is 41.3 Å². The standard InChI is InChI=1S/C13H12F2N2O2S/c1-8-4-11(2-3-13(8)15)17-20(18,19)12-6-9(14)5-10(16)7-12/h2-7,17H,16H2,1H3. The zero-order valence-electron chi connectivity index (χ0n) is 10.5. The van der Waals surface area contributed by atoms with Crippen LogP contribution in [0.2, 0.25) is 0 Å². The highest BCUT2D eigenvalue weighted by Crippen LogP contribution is 2.21. The summed E-state index contributed by atoms with van der Waals surface area (Å²) in [6, 6.07) is 6.78. The fraction of sp³-hybridized carbons (Fsp3) is 0.0769. The average molecular weight is 298 g/mol. The first-order valence-electron chi connectivity index (χ1n) is 5.63. The Bertz CT molecular complexity index is 741. The molecule has 0 radical (unpaired) electrons. The number of benzene rings is 2. The summed E-state index contributed by atoms with van der Waals surface area (Å²) in [6.45, 7) is 1.51. The van der Waals surface area contributed by atoms with Crippen molar-refractivity contribution in [3.8, 4) is 0 Å². The maximum Gasteiger partial charge on any atom is 0.262 e. The molecule has 0 spiro atoms. The molecule has 0 unspecified atom stereocenters. The van der Waals surface area contributed by atoms with E-state index in [9.17, 15) is 17.2 Å². The minimum Gasteiger partial charge on any atom is -0.399 e. The molecule has 3 N–H and O–H groups in total. The number of nitrogens with one attached hydrogen (secondary N) is 1. The van der Waals surface area contributed by atoms with Gasteiger partial charge >= 0.3 is 0 Å². The van der Waals surface area contributed by atoms with Crippen LogP contribution in [0.3, 0.4) is 0 Å². The lowest BCUT2D eigenvalue weighted by atomic mass is 10.2. The van der Waals surface area contributed by atoms with Crippen LogP contribution < -0.4 is 10.5 Å². The van der Waals surface area contributed by atoms with Gasteiger partial charge in [0, 0.05) is 11.4 Å². The average Bonchev–Trinajstić information content (AvgIpc) is 2.32. The molecule has 2 aromatic carbocycles. The molecule has 20 heavy (non-hydrogen) atoms. The zero-order chi connectivity index (χ0) is 14.9. The van der Waals surface area contributed by atoms with Crippen molar-refractivity contribution in [3.05, 3.63) is 53.6 Å². The number of anilines is 2. The van der Waals surface area contributed by atoms with Gasteiger partial charge in [0.25, 0.3) is 10.0 Å². The van der Waals surface area contributed by atoms with E-state index < -0.39 is 21.7 Å². The Hall–Kier alpha value is -2.15. The number of halogens is 2. The van der Waals surface area contributed by atoms with Crippen molar-refractivity contribution in [3.63, 3.8) is 0 Å². The van der Waals surface area contributed by atoms with Gasteiger partial charge in [-0.25, -0.2) is 17.2 Å². The summed E-state index contributed by atoms with van der Waals surface area (Å²) in [4.78, 5) is -0.294. The van der Waals surface area contributed by atoms with Crippen LogP contribution in [0.4, 0.5) is 20.2 Å². The van der Waals surface area contributed by atoms with Crippen molar-refractivity contribution < 1.29 is 17.2 Å². The van der Waals surface area contributed by atoms with E-state index in [-0.39, 0.29) is 16.3 Å². The van der Waals surface area contributed by atoms with E-state index in [0.29, 0.717) is 5.56 Å². The summed E-state index contributed by atoms with van der Waals surface area (Å²) in [5.41, 5.74) is 5.89. The smallest absolute Gasteiger partial charge is 0.262 e. The molecule has 0 aromatic heterocycles. The lowest BCUT2D eigenvalue weighted by molar-refractivity contribution is 0.595. The summed E-state index contributed by atoms with van der Waals surface area (Å²) >= 11 is 0. The van der Waals surface area contributed by atoms with Gasteiger partial charge in [-0.2, -0.15) is 0 Å². The minimum absolute atomic E-state index is 0.000613. The Labute approximate surface area is 115 Å². The van der Waals surface area contributed by atoms with Gasteiger partial charge in [-0.05, 0) is 48.9 Å². The lowest BCUT2D eigenvalue weighted by Crippen LogP contribution is -2.13. The molecule has 106 valence electrons. The molecule has 0 aliphatic carbocycles. The molecule has 2 aromatic rings. The third-order valence-electron chi connectivity index (χ3n) is 2.61. The van der Waals surface area contributed by atoms with Gasteiger partial charge in [0.05, 0.1) is 4.90 Å². The maximum atomic E-state index is 13.2. The maximum absolute atomic E-state index is 13.2. The van der Waals surface area contributed by atoms with Crippen molar-refractivity contribution in [2.75, 3.05) is 10.5 Å². The minimum atomic E-state index is -3.98. The number of hydrogen-bond acceptors (Lipinski definition) is 3. The van der Waals surface area contributed by atoms with Gasteiger partial charge < -0.3 is 5.73 Å². The van der Waals surface area contributed by atoms with Crippen LogP contribution in [0, 0.1) is 18.6 Å². The Kier molecular flexibility index (Phi) is 3.63. The molecule has 0 saturated carbocycles. The molecule has 4 nitrogen and oxygen atoms in total. The van der Waals surface area contributed by atoms with Gasteiger partial charge in [0.15, 0.2) is 0 Å². The van der Waals surface area contributed by atoms with Crippen LogP contribution in [0.25, 0.3) is 0 Å². The van der Waals surface area contributed by atoms with Crippen molar-refractivity contribution in [1.29, 1.82) is 0 Å². The monoisotopic (exact) mass is 298 g/mol. The van der Waals surface area contributed by atoms with Crippen molar-refractivity contribution in [1.82, 2.24) is 0 Å². The number of aryl methyl sites for hydroxylation is 1. The van der Waals surface area contributed by atoms with Gasteiger partial charge in [-0.1, -0.05) is 0 Å². The summed E-state index contributed by atoms with van der Waals surface area (Å²) < 4.78 is 52.7. The Morgan fingerprint density at radius 1 is 1.10 bits per heavy atom. The second-order valence-corrected chi connectivity index (χ2v) is 5.97. The van der Waals surface area contributed by atoms with Crippen molar-refractivity contribution >= 4 is 21.4 Å². The van der Waals surface area contributed by atoms with E-state index >= 15 is 0 Å². The summed E-state index contributed by atoms with van der Waals surface area (Å²) in [7, 11) is -3.98. The van der Waals surface area contributed by atoms with Crippen LogP contribution in [0.5, 0.6) is 0 Å². The fourth-order valence-corrected chi connectivity index (χ4v) is 2.78. The molecule has 0 amide bonds. The molecule has 0 aliphatic rings. The molecular weight excluding hydrogens is 286 g/mol. The molecule has 0 aliphatic heterocycles. The van der Waals surface area contributed by atoms with Crippen molar-refractivity contribution in [2.24, 2.45) is 0 Å². The van der Waals surface area contributed by atoms with E-state index in [1.807, 2.05) is 0 Å².